The molecule has 1 aromatic carbocycles. The van der Waals surface area contributed by atoms with Crippen LogP contribution in [0, 0.1) is 0 Å². The van der Waals surface area contributed by atoms with Gasteiger partial charge in [-0.1, -0.05) is 22.0 Å². The van der Waals surface area contributed by atoms with E-state index < -0.39 is 0 Å². The summed E-state index contributed by atoms with van der Waals surface area (Å²) >= 11 is 3.41. The van der Waals surface area contributed by atoms with Crippen molar-refractivity contribution in [3.63, 3.8) is 0 Å². The second kappa shape index (κ2) is 7.80. The smallest absolute Gasteiger partial charge is 0.223 e. The van der Waals surface area contributed by atoms with Crippen molar-refractivity contribution in [1.29, 1.82) is 0 Å². The van der Waals surface area contributed by atoms with E-state index in [-0.39, 0.29) is 18.1 Å². The van der Waals surface area contributed by atoms with Gasteiger partial charge in [-0.25, -0.2) is 0 Å². The fourth-order valence-electron chi connectivity index (χ4n) is 2.36. The van der Waals surface area contributed by atoms with Gasteiger partial charge in [0.2, 0.25) is 5.91 Å². The first-order valence-electron chi connectivity index (χ1n) is 7.35. The fraction of sp³-hybridized carbons (Fsp3) is 0.562. The van der Waals surface area contributed by atoms with Crippen molar-refractivity contribution in [2.24, 2.45) is 0 Å². The molecule has 1 aliphatic heterocycles. The highest BCUT2D eigenvalue weighted by Gasteiger charge is 2.26. The summed E-state index contributed by atoms with van der Waals surface area (Å²) < 4.78 is 12.2. The molecule has 4 nitrogen and oxygen atoms in total. The lowest BCUT2D eigenvalue weighted by Gasteiger charge is -2.36. The molecule has 21 heavy (non-hydrogen) atoms. The van der Waals surface area contributed by atoms with Gasteiger partial charge in [-0.2, -0.15) is 0 Å². The molecule has 5 heteroatoms. The highest BCUT2D eigenvalue weighted by atomic mass is 79.9. The molecule has 0 bridgehead atoms. The van der Waals surface area contributed by atoms with E-state index in [1.807, 2.05) is 43.0 Å². The van der Waals surface area contributed by atoms with E-state index in [1.54, 1.807) is 0 Å². The maximum Gasteiger partial charge on any atom is 0.223 e. The predicted molar refractivity (Wildman–Crippen MR) is 85.5 cm³/mol. The summed E-state index contributed by atoms with van der Waals surface area (Å²) in [5.74, 6) is 1.01. The van der Waals surface area contributed by atoms with Crippen LogP contribution in [0.2, 0.25) is 0 Å². The number of ether oxygens (including phenoxy) is 2. The summed E-state index contributed by atoms with van der Waals surface area (Å²) in [5, 5.41) is 0. The number of amides is 1. The molecule has 0 aliphatic carbocycles. The minimum atomic E-state index is 0.128. The monoisotopic (exact) mass is 355 g/mol. The van der Waals surface area contributed by atoms with Crippen molar-refractivity contribution in [2.75, 3.05) is 19.8 Å². The number of rotatable bonds is 5. The molecular formula is C16H22BrNO3. The van der Waals surface area contributed by atoms with Gasteiger partial charge in [-0.05, 0) is 38.5 Å². The number of halogens is 1. The Bertz CT molecular complexity index is 480. The van der Waals surface area contributed by atoms with Crippen molar-refractivity contribution in [3.05, 3.63) is 28.7 Å². The first-order chi connectivity index (χ1) is 10.1. The quantitative estimate of drug-likeness (QED) is 0.761. The maximum atomic E-state index is 12.2. The molecule has 2 rings (SSSR count). The Morgan fingerprint density at radius 3 is 3.05 bits per heavy atom. The van der Waals surface area contributed by atoms with Crippen LogP contribution in [0.15, 0.2) is 28.7 Å². The van der Waals surface area contributed by atoms with Crippen LogP contribution in [0.1, 0.15) is 26.7 Å². The first kappa shape index (κ1) is 16.3. The first-order valence-corrected chi connectivity index (χ1v) is 8.15. The molecule has 1 amide bonds. The third kappa shape index (κ3) is 5.00. The standard InChI is InChI=1S/C16H22BrNO3/c1-12-11-21-13(2)10-18(12)16(19)7-4-8-20-15-6-3-5-14(17)9-15/h3,5-6,9,12-13H,4,7-8,10-11H2,1-2H3. The second-order valence-electron chi connectivity index (χ2n) is 5.45. The second-order valence-corrected chi connectivity index (χ2v) is 6.36. The van der Waals surface area contributed by atoms with Gasteiger partial charge < -0.3 is 14.4 Å². The summed E-state index contributed by atoms with van der Waals surface area (Å²) in [5.41, 5.74) is 0. The van der Waals surface area contributed by atoms with Gasteiger partial charge in [0.15, 0.2) is 0 Å². The van der Waals surface area contributed by atoms with Crippen molar-refractivity contribution in [2.45, 2.75) is 38.8 Å². The van der Waals surface area contributed by atoms with Crippen molar-refractivity contribution in [3.8, 4) is 5.75 Å². The van der Waals surface area contributed by atoms with Crippen LogP contribution < -0.4 is 4.74 Å². The van der Waals surface area contributed by atoms with Crippen LogP contribution in [0.3, 0.4) is 0 Å². The van der Waals surface area contributed by atoms with E-state index in [1.165, 1.54) is 0 Å². The van der Waals surface area contributed by atoms with Gasteiger partial charge in [-0.3, -0.25) is 4.79 Å². The Hall–Kier alpha value is -1.07. The molecular weight excluding hydrogens is 334 g/mol. The van der Waals surface area contributed by atoms with Crippen molar-refractivity contribution >= 4 is 21.8 Å². The molecule has 0 aromatic heterocycles. The van der Waals surface area contributed by atoms with E-state index in [2.05, 4.69) is 15.9 Å². The Balaban J connectivity index is 1.71. The Morgan fingerprint density at radius 2 is 2.29 bits per heavy atom. The highest BCUT2D eigenvalue weighted by Crippen LogP contribution is 2.18. The summed E-state index contributed by atoms with van der Waals surface area (Å²) in [6.07, 6.45) is 1.37. The third-order valence-corrected chi connectivity index (χ3v) is 4.02. The van der Waals surface area contributed by atoms with Crippen molar-refractivity contribution < 1.29 is 14.3 Å². The minimum Gasteiger partial charge on any atom is -0.494 e. The van der Waals surface area contributed by atoms with Crippen LogP contribution in [-0.4, -0.2) is 42.7 Å². The van der Waals surface area contributed by atoms with E-state index in [9.17, 15) is 4.79 Å². The Kier molecular flexibility index (Phi) is 6.06. The average molecular weight is 356 g/mol. The molecule has 1 fully saturated rings. The summed E-state index contributed by atoms with van der Waals surface area (Å²) in [7, 11) is 0. The van der Waals surface area contributed by atoms with Gasteiger partial charge in [0.05, 0.1) is 25.4 Å². The molecule has 0 N–H and O–H groups in total. The number of carbonyl (C=O) groups is 1. The maximum absolute atomic E-state index is 12.2. The van der Waals surface area contributed by atoms with Crippen LogP contribution in [0.25, 0.3) is 0 Å². The molecule has 1 heterocycles. The summed E-state index contributed by atoms with van der Waals surface area (Å²) in [6, 6.07) is 7.89. The molecule has 1 aromatic rings. The average Bonchev–Trinajstić information content (AvgIpc) is 2.46. The van der Waals surface area contributed by atoms with E-state index in [4.69, 9.17) is 9.47 Å². The van der Waals surface area contributed by atoms with Crippen LogP contribution in [-0.2, 0) is 9.53 Å². The van der Waals surface area contributed by atoms with Gasteiger partial charge in [0, 0.05) is 17.4 Å². The summed E-state index contributed by atoms with van der Waals surface area (Å²) in [4.78, 5) is 14.2. The topological polar surface area (TPSA) is 38.8 Å². The van der Waals surface area contributed by atoms with Gasteiger partial charge >= 0.3 is 0 Å². The zero-order chi connectivity index (χ0) is 15.2. The zero-order valence-corrected chi connectivity index (χ0v) is 14.1. The van der Waals surface area contributed by atoms with E-state index in [0.29, 0.717) is 26.2 Å². The largest absolute Gasteiger partial charge is 0.494 e. The molecule has 2 atom stereocenters. The molecule has 1 aliphatic rings. The summed E-state index contributed by atoms with van der Waals surface area (Å²) in [6.45, 7) is 5.90. The predicted octanol–water partition coefficient (Wildman–Crippen LogP) is 3.24. The molecule has 0 saturated carbocycles. The molecule has 1 saturated heterocycles. The lowest BCUT2D eigenvalue weighted by Crippen LogP contribution is -2.50. The normalized spacial score (nSPS) is 22.1. The lowest BCUT2D eigenvalue weighted by molar-refractivity contribution is -0.143. The highest BCUT2D eigenvalue weighted by molar-refractivity contribution is 9.10. The number of hydrogen-bond donors (Lipinski definition) is 0. The fourth-order valence-corrected chi connectivity index (χ4v) is 2.74. The lowest BCUT2D eigenvalue weighted by atomic mass is 10.1. The third-order valence-electron chi connectivity index (χ3n) is 3.53. The van der Waals surface area contributed by atoms with Crippen LogP contribution in [0.4, 0.5) is 0 Å². The molecule has 2 unspecified atom stereocenters. The number of benzene rings is 1. The van der Waals surface area contributed by atoms with Crippen molar-refractivity contribution in [1.82, 2.24) is 4.90 Å². The number of nitrogens with zero attached hydrogens (tertiary/aromatic N) is 1. The number of carbonyl (C=O) groups excluding carboxylic acids is 1. The van der Waals surface area contributed by atoms with Gasteiger partial charge in [0.25, 0.3) is 0 Å². The zero-order valence-electron chi connectivity index (χ0n) is 12.5. The molecule has 116 valence electrons. The van der Waals surface area contributed by atoms with E-state index in [0.717, 1.165) is 16.6 Å². The Morgan fingerprint density at radius 1 is 1.48 bits per heavy atom. The van der Waals surface area contributed by atoms with Gasteiger partial charge in [0.1, 0.15) is 5.75 Å². The van der Waals surface area contributed by atoms with Crippen LogP contribution in [0.5, 0.6) is 5.75 Å². The van der Waals surface area contributed by atoms with E-state index >= 15 is 0 Å². The Labute approximate surface area is 134 Å². The number of hydrogen-bond acceptors (Lipinski definition) is 3. The minimum absolute atomic E-state index is 0.128. The molecule has 0 spiro atoms. The SMILES string of the molecule is CC1CN(C(=O)CCCOc2cccc(Br)c2)C(C)CO1. The van der Waals surface area contributed by atoms with Gasteiger partial charge in [-0.15, -0.1) is 0 Å². The number of morpholine rings is 1. The van der Waals surface area contributed by atoms with Crippen LogP contribution >= 0.6 is 15.9 Å². The molecule has 0 radical (unpaired) electrons.